The Morgan fingerprint density at radius 2 is 1.83 bits per heavy atom. The highest BCUT2D eigenvalue weighted by atomic mass is 16.4. The van der Waals surface area contributed by atoms with E-state index in [0.717, 1.165) is 6.42 Å². The zero-order valence-electron chi connectivity index (χ0n) is 6.49. The van der Waals surface area contributed by atoms with Crippen LogP contribution in [0.15, 0.2) is 0 Å². The molecular formula is C7H11NO4. The first-order valence-corrected chi connectivity index (χ1v) is 3.72. The number of aliphatic carboxylic acids is 2. The lowest BCUT2D eigenvalue weighted by Crippen LogP contribution is -2.55. The van der Waals surface area contributed by atoms with E-state index in [1.54, 1.807) is 0 Å². The Morgan fingerprint density at radius 1 is 1.33 bits per heavy atom. The Balaban J connectivity index is 2.80. The molecule has 0 bridgehead atoms. The number of carbonyl (C=O) groups is 2. The molecule has 0 amide bonds. The predicted octanol–water partition coefficient (Wildman–Crippen LogP) is -0.347. The van der Waals surface area contributed by atoms with E-state index >= 15 is 0 Å². The van der Waals surface area contributed by atoms with Crippen LogP contribution in [0.2, 0.25) is 0 Å². The molecule has 0 aromatic carbocycles. The fourth-order valence-corrected chi connectivity index (χ4v) is 1.45. The molecule has 1 atom stereocenters. The van der Waals surface area contributed by atoms with Crippen molar-refractivity contribution in [1.29, 1.82) is 0 Å². The van der Waals surface area contributed by atoms with Gasteiger partial charge in [-0.25, -0.2) is 0 Å². The Labute approximate surface area is 69.2 Å². The summed E-state index contributed by atoms with van der Waals surface area (Å²) in [6, 6.07) is -1.27. The van der Waals surface area contributed by atoms with Crippen molar-refractivity contribution in [2.45, 2.75) is 25.3 Å². The summed E-state index contributed by atoms with van der Waals surface area (Å²) in [5.74, 6) is -2.33. The zero-order chi connectivity index (χ0) is 9.35. The minimum atomic E-state index is -1.27. The van der Waals surface area contributed by atoms with Crippen LogP contribution >= 0.6 is 0 Å². The largest absolute Gasteiger partial charge is 0.481 e. The SMILES string of the molecule is NC(C(=O)O)C1(C(=O)O)CCC1. The molecule has 0 aliphatic heterocycles. The van der Waals surface area contributed by atoms with Crippen LogP contribution in [0.5, 0.6) is 0 Å². The van der Waals surface area contributed by atoms with E-state index in [-0.39, 0.29) is 0 Å². The topological polar surface area (TPSA) is 101 Å². The normalized spacial score (nSPS) is 22.4. The molecule has 1 fully saturated rings. The summed E-state index contributed by atoms with van der Waals surface area (Å²) in [6.45, 7) is 0. The summed E-state index contributed by atoms with van der Waals surface area (Å²) in [5, 5.41) is 17.3. The molecule has 12 heavy (non-hydrogen) atoms. The summed E-state index contributed by atoms with van der Waals surface area (Å²) >= 11 is 0. The molecule has 1 aliphatic carbocycles. The molecule has 0 aromatic heterocycles. The van der Waals surface area contributed by atoms with Gasteiger partial charge >= 0.3 is 11.9 Å². The summed E-state index contributed by atoms with van der Waals surface area (Å²) in [7, 11) is 0. The number of hydrogen-bond donors (Lipinski definition) is 3. The predicted molar refractivity (Wildman–Crippen MR) is 39.5 cm³/mol. The van der Waals surface area contributed by atoms with E-state index < -0.39 is 23.4 Å². The maximum atomic E-state index is 10.7. The van der Waals surface area contributed by atoms with Crippen molar-refractivity contribution >= 4 is 11.9 Å². The third kappa shape index (κ3) is 1.06. The molecule has 0 spiro atoms. The van der Waals surface area contributed by atoms with Crippen molar-refractivity contribution in [3.8, 4) is 0 Å². The van der Waals surface area contributed by atoms with Crippen LogP contribution in [0.25, 0.3) is 0 Å². The average Bonchev–Trinajstić information content (AvgIpc) is 1.83. The molecule has 5 heteroatoms. The Hall–Kier alpha value is -1.10. The smallest absolute Gasteiger partial charge is 0.321 e. The van der Waals surface area contributed by atoms with Gasteiger partial charge in [0.05, 0.1) is 5.41 Å². The Morgan fingerprint density at radius 3 is 1.92 bits per heavy atom. The molecule has 0 heterocycles. The quantitative estimate of drug-likeness (QED) is 0.541. The van der Waals surface area contributed by atoms with Crippen molar-refractivity contribution in [3.05, 3.63) is 0 Å². The fraction of sp³-hybridized carbons (Fsp3) is 0.714. The van der Waals surface area contributed by atoms with Crippen LogP contribution in [-0.4, -0.2) is 28.2 Å². The van der Waals surface area contributed by atoms with Crippen LogP contribution in [-0.2, 0) is 9.59 Å². The van der Waals surface area contributed by atoms with Crippen molar-refractivity contribution in [3.63, 3.8) is 0 Å². The van der Waals surface area contributed by atoms with Gasteiger partial charge in [-0.1, -0.05) is 6.42 Å². The van der Waals surface area contributed by atoms with Crippen LogP contribution in [0.4, 0.5) is 0 Å². The van der Waals surface area contributed by atoms with Gasteiger partial charge in [0.25, 0.3) is 0 Å². The van der Waals surface area contributed by atoms with E-state index in [1.807, 2.05) is 0 Å². The van der Waals surface area contributed by atoms with Gasteiger partial charge in [-0.3, -0.25) is 9.59 Å². The molecule has 0 radical (unpaired) electrons. The Kier molecular flexibility index (Phi) is 2.06. The van der Waals surface area contributed by atoms with E-state index in [4.69, 9.17) is 15.9 Å². The molecule has 1 rings (SSSR count). The number of carboxylic acids is 2. The molecule has 1 aliphatic rings. The maximum absolute atomic E-state index is 10.7. The summed E-state index contributed by atoms with van der Waals surface area (Å²) in [5.41, 5.74) is 4.07. The molecule has 0 aromatic rings. The highest BCUT2D eigenvalue weighted by Gasteiger charge is 2.52. The lowest BCUT2D eigenvalue weighted by Gasteiger charge is -2.40. The second-order valence-electron chi connectivity index (χ2n) is 3.13. The molecule has 5 nitrogen and oxygen atoms in total. The van der Waals surface area contributed by atoms with Gasteiger partial charge in [0.1, 0.15) is 6.04 Å². The van der Waals surface area contributed by atoms with Crippen molar-refractivity contribution in [1.82, 2.24) is 0 Å². The van der Waals surface area contributed by atoms with E-state index in [2.05, 4.69) is 0 Å². The van der Waals surface area contributed by atoms with Crippen LogP contribution < -0.4 is 5.73 Å². The average molecular weight is 173 g/mol. The van der Waals surface area contributed by atoms with Gasteiger partial charge in [-0.2, -0.15) is 0 Å². The fourth-order valence-electron chi connectivity index (χ4n) is 1.45. The summed E-state index contributed by atoms with van der Waals surface area (Å²) < 4.78 is 0. The Bertz CT molecular complexity index is 221. The lowest BCUT2D eigenvalue weighted by molar-refractivity contribution is -0.163. The molecule has 1 unspecified atom stereocenters. The summed E-state index contributed by atoms with van der Waals surface area (Å²) in [6.07, 6.45) is 1.49. The highest BCUT2D eigenvalue weighted by molar-refractivity contribution is 5.86. The molecular weight excluding hydrogens is 162 g/mol. The zero-order valence-corrected chi connectivity index (χ0v) is 6.49. The van der Waals surface area contributed by atoms with Crippen molar-refractivity contribution in [2.75, 3.05) is 0 Å². The standard InChI is InChI=1S/C7H11NO4/c8-4(5(9)10)7(6(11)12)2-1-3-7/h4H,1-3,8H2,(H,9,10)(H,11,12). The van der Waals surface area contributed by atoms with Gasteiger partial charge in [0, 0.05) is 0 Å². The second kappa shape index (κ2) is 2.75. The molecule has 0 saturated heterocycles. The van der Waals surface area contributed by atoms with Gasteiger partial charge in [-0.05, 0) is 12.8 Å². The van der Waals surface area contributed by atoms with Gasteiger partial charge in [0.2, 0.25) is 0 Å². The lowest BCUT2D eigenvalue weighted by atomic mass is 9.64. The molecule has 4 N–H and O–H groups in total. The minimum Gasteiger partial charge on any atom is -0.481 e. The van der Waals surface area contributed by atoms with Gasteiger partial charge in [0.15, 0.2) is 0 Å². The highest BCUT2D eigenvalue weighted by Crippen LogP contribution is 2.43. The van der Waals surface area contributed by atoms with E-state index in [0.29, 0.717) is 12.8 Å². The van der Waals surface area contributed by atoms with Crippen LogP contribution in [0.3, 0.4) is 0 Å². The number of carboxylic acid groups (broad SMARTS) is 2. The molecule has 68 valence electrons. The first-order chi connectivity index (χ1) is 5.50. The van der Waals surface area contributed by atoms with Crippen LogP contribution in [0, 0.1) is 5.41 Å². The third-order valence-corrected chi connectivity index (χ3v) is 2.53. The van der Waals surface area contributed by atoms with Gasteiger partial charge in [-0.15, -0.1) is 0 Å². The summed E-state index contributed by atoms with van der Waals surface area (Å²) in [4.78, 5) is 21.2. The minimum absolute atomic E-state index is 0.371. The van der Waals surface area contributed by atoms with E-state index in [1.165, 1.54) is 0 Å². The monoisotopic (exact) mass is 173 g/mol. The third-order valence-electron chi connectivity index (χ3n) is 2.53. The first kappa shape index (κ1) is 8.99. The number of rotatable bonds is 3. The van der Waals surface area contributed by atoms with Crippen molar-refractivity contribution in [2.24, 2.45) is 11.1 Å². The second-order valence-corrected chi connectivity index (χ2v) is 3.13. The number of hydrogen-bond acceptors (Lipinski definition) is 3. The number of nitrogens with two attached hydrogens (primary N) is 1. The van der Waals surface area contributed by atoms with E-state index in [9.17, 15) is 9.59 Å². The van der Waals surface area contributed by atoms with Crippen molar-refractivity contribution < 1.29 is 19.8 Å². The first-order valence-electron chi connectivity index (χ1n) is 3.72. The maximum Gasteiger partial charge on any atom is 0.321 e. The van der Waals surface area contributed by atoms with Gasteiger partial charge < -0.3 is 15.9 Å². The van der Waals surface area contributed by atoms with Crippen LogP contribution in [0.1, 0.15) is 19.3 Å². The molecule has 1 saturated carbocycles.